The van der Waals surface area contributed by atoms with Crippen LogP contribution < -0.4 is 5.32 Å². The summed E-state index contributed by atoms with van der Waals surface area (Å²) in [6.45, 7) is 0.697. The number of carbonyl (C=O) groups excluding carboxylic acids is 1. The number of halogens is 2. The molecule has 2 N–H and O–H groups in total. The molecule has 2 amide bonds. The number of alkyl halides is 2. The number of benzene rings is 2. The van der Waals surface area contributed by atoms with E-state index >= 15 is 8.78 Å². The lowest BCUT2D eigenvalue weighted by molar-refractivity contribution is 0.0443. The highest BCUT2D eigenvalue weighted by Crippen LogP contribution is 2.43. The second-order valence-corrected chi connectivity index (χ2v) is 7.63. The van der Waals surface area contributed by atoms with Gasteiger partial charge in [-0.15, -0.1) is 0 Å². The minimum absolute atomic E-state index is 0.125. The normalized spacial score (nSPS) is 16.9. The van der Waals surface area contributed by atoms with Crippen molar-refractivity contribution >= 4 is 28.5 Å². The number of hydrogen-bond acceptors (Lipinski definition) is 3. The molecule has 0 saturated carbocycles. The lowest BCUT2D eigenvalue weighted by Crippen LogP contribution is -2.38. The number of hydrogen-bond donors (Lipinski definition) is 2. The predicted molar refractivity (Wildman–Crippen MR) is 105 cm³/mol. The zero-order valence-corrected chi connectivity index (χ0v) is 15.8. The van der Waals surface area contributed by atoms with Crippen molar-refractivity contribution in [2.75, 3.05) is 18.4 Å². The maximum atomic E-state index is 15.5. The van der Waals surface area contributed by atoms with Crippen LogP contribution in [0.3, 0.4) is 0 Å². The maximum Gasteiger partial charge on any atom is 0.407 e. The summed E-state index contributed by atoms with van der Waals surface area (Å²) in [5, 5.41) is 16.7. The molecule has 0 aliphatic carbocycles. The number of anilines is 1. The molecule has 0 radical (unpaired) electrons. The molecule has 2 aliphatic rings. The Bertz CT molecular complexity index is 1180. The first-order valence-electron chi connectivity index (χ1n) is 9.64. The SMILES string of the molecule is O=C1Nc2ccc(C(F)(F)c3cnn(C4CCN(C(=O)O)CC4)c3)c3cccc1c23. The lowest BCUT2D eigenvalue weighted by atomic mass is 9.94. The summed E-state index contributed by atoms with van der Waals surface area (Å²) < 4.78 is 32.5. The van der Waals surface area contributed by atoms with Crippen molar-refractivity contribution in [3.8, 4) is 0 Å². The lowest BCUT2D eigenvalue weighted by Gasteiger charge is -2.30. The summed E-state index contributed by atoms with van der Waals surface area (Å²) in [5.41, 5.74) is 0.507. The Kier molecular flexibility index (Phi) is 4.02. The molecule has 2 aromatic carbocycles. The van der Waals surface area contributed by atoms with Gasteiger partial charge in [0.15, 0.2) is 0 Å². The molecule has 1 fully saturated rings. The third-order valence-corrected chi connectivity index (χ3v) is 5.94. The molecule has 0 bridgehead atoms. The second-order valence-electron chi connectivity index (χ2n) is 7.63. The van der Waals surface area contributed by atoms with E-state index in [1.807, 2.05) is 0 Å². The van der Waals surface area contributed by atoms with E-state index in [4.69, 9.17) is 5.11 Å². The molecule has 30 heavy (non-hydrogen) atoms. The largest absolute Gasteiger partial charge is 0.465 e. The van der Waals surface area contributed by atoms with Gasteiger partial charge >= 0.3 is 12.0 Å². The number of likely N-dealkylation sites (tertiary alicyclic amines) is 1. The Morgan fingerprint density at radius 1 is 1.20 bits per heavy atom. The Balaban J connectivity index is 1.48. The fourth-order valence-corrected chi connectivity index (χ4v) is 4.34. The molecule has 0 unspecified atom stereocenters. The van der Waals surface area contributed by atoms with E-state index < -0.39 is 12.0 Å². The Morgan fingerprint density at radius 3 is 2.70 bits per heavy atom. The number of nitrogens with zero attached hydrogens (tertiary/aromatic N) is 3. The van der Waals surface area contributed by atoms with Crippen molar-refractivity contribution in [1.29, 1.82) is 0 Å². The molecule has 0 atom stereocenters. The van der Waals surface area contributed by atoms with Crippen molar-refractivity contribution in [2.45, 2.75) is 24.8 Å². The van der Waals surface area contributed by atoms with Gasteiger partial charge in [0.05, 0.1) is 17.8 Å². The molecule has 1 saturated heterocycles. The first kappa shape index (κ1) is 18.5. The zero-order valence-electron chi connectivity index (χ0n) is 15.8. The van der Waals surface area contributed by atoms with Gasteiger partial charge in [-0.3, -0.25) is 9.48 Å². The minimum atomic E-state index is -3.30. The second kappa shape index (κ2) is 6.51. The van der Waals surface area contributed by atoms with E-state index in [0.717, 1.165) is 6.20 Å². The van der Waals surface area contributed by atoms with Crippen LogP contribution in [0.5, 0.6) is 0 Å². The van der Waals surface area contributed by atoms with E-state index in [-0.39, 0.29) is 23.1 Å². The summed E-state index contributed by atoms with van der Waals surface area (Å²) in [5.74, 6) is -3.60. The van der Waals surface area contributed by atoms with Crippen LogP contribution in [-0.4, -0.2) is 44.9 Å². The summed E-state index contributed by atoms with van der Waals surface area (Å²) in [4.78, 5) is 24.4. The molecule has 3 aromatic rings. The number of piperidine rings is 1. The number of rotatable bonds is 3. The maximum absolute atomic E-state index is 15.5. The Hall–Kier alpha value is -3.49. The fourth-order valence-electron chi connectivity index (χ4n) is 4.34. The monoisotopic (exact) mass is 412 g/mol. The summed E-state index contributed by atoms with van der Waals surface area (Å²) in [6.07, 6.45) is 2.58. The molecule has 3 heterocycles. The van der Waals surface area contributed by atoms with Gasteiger partial charge in [-0.05, 0) is 36.4 Å². The van der Waals surface area contributed by atoms with Crippen LogP contribution in [0.15, 0.2) is 42.7 Å². The average Bonchev–Trinajstić information content (AvgIpc) is 3.35. The van der Waals surface area contributed by atoms with Crippen molar-refractivity contribution < 1.29 is 23.5 Å². The van der Waals surface area contributed by atoms with Crippen LogP contribution in [0.2, 0.25) is 0 Å². The van der Waals surface area contributed by atoms with Crippen molar-refractivity contribution in [3.05, 3.63) is 59.4 Å². The Morgan fingerprint density at radius 2 is 1.97 bits per heavy atom. The number of carbonyl (C=O) groups is 2. The summed E-state index contributed by atoms with van der Waals surface area (Å²) in [6, 6.07) is 7.54. The molecule has 9 heteroatoms. The van der Waals surface area contributed by atoms with Crippen LogP contribution in [0.1, 0.15) is 40.4 Å². The fraction of sp³-hybridized carbons (Fsp3) is 0.286. The zero-order chi connectivity index (χ0) is 21.0. The molecule has 7 nitrogen and oxygen atoms in total. The van der Waals surface area contributed by atoms with Gasteiger partial charge in [-0.2, -0.15) is 13.9 Å². The van der Waals surface area contributed by atoms with E-state index in [1.165, 1.54) is 27.9 Å². The molecule has 0 spiro atoms. The molecule has 1 aromatic heterocycles. The van der Waals surface area contributed by atoms with Crippen LogP contribution >= 0.6 is 0 Å². The van der Waals surface area contributed by atoms with Crippen LogP contribution in [0.25, 0.3) is 10.8 Å². The third-order valence-electron chi connectivity index (χ3n) is 5.94. The topological polar surface area (TPSA) is 87.5 Å². The standard InChI is InChI=1S/C21H18F2N4O3/c22-21(23,12-10-24-27(11-12)13-6-8-26(9-7-13)20(29)30)16-4-5-17-18-14(16)2-1-3-15(18)19(28)25-17/h1-5,10-11,13H,6-9H2,(H,25,28)(H,29,30). The van der Waals surface area contributed by atoms with Gasteiger partial charge < -0.3 is 15.3 Å². The quantitative estimate of drug-likeness (QED) is 0.679. The highest BCUT2D eigenvalue weighted by atomic mass is 19.3. The smallest absolute Gasteiger partial charge is 0.407 e. The Labute approximate surface area is 169 Å². The van der Waals surface area contributed by atoms with Gasteiger partial charge in [0.25, 0.3) is 5.91 Å². The minimum Gasteiger partial charge on any atom is -0.465 e. The molecule has 154 valence electrons. The molecular weight excluding hydrogens is 394 g/mol. The number of nitrogens with one attached hydrogen (secondary N) is 1. The van der Waals surface area contributed by atoms with Crippen LogP contribution in [-0.2, 0) is 5.92 Å². The van der Waals surface area contributed by atoms with Gasteiger partial charge in [0, 0.05) is 41.5 Å². The number of amides is 2. The van der Waals surface area contributed by atoms with Gasteiger partial charge in [0.2, 0.25) is 0 Å². The third kappa shape index (κ3) is 2.72. The highest BCUT2D eigenvalue weighted by molar-refractivity contribution is 6.24. The first-order chi connectivity index (χ1) is 14.4. The van der Waals surface area contributed by atoms with Gasteiger partial charge in [0.1, 0.15) is 0 Å². The van der Waals surface area contributed by atoms with E-state index in [2.05, 4.69) is 10.4 Å². The average molecular weight is 412 g/mol. The van der Waals surface area contributed by atoms with Crippen molar-refractivity contribution in [1.82, 2.24) is 14.7 Å². The number of carboxylic acid groups (broad SMARTS) is 1. The summed E-state index contributed by atoms with van der Waals surface area (Å²) in [7, 11) is 0. The predicted octanol–water partition coefficient (Wildman–Crippen LogP) is 4.06. The van der Waals surface area contributed by atoms with Crippen LogP contribution in [0.4, 0.5) is 19.3 Å². The summed E-state index contributed by atoms with van der Waals surface area (Å²) >= 11 is 0. The van der Waals surface area contributed by atoms with E-state index in [0.29, 0.717) is 48.0 Å². The molecular formula is C21H18F2N4O3. The van der Waals surface area contributed by atoms with E-state index in [1.54, 1.807) is 18.2 Å². The number of aromatic nitrogens is 2. The molecule has 5 rings (SSSR count). The highest BCUT2D eigenvalue weighted by Gasteiger charge is 2.39. The van der Waals surface area contributed by atoms with Crippen LogP contribution in [0, 0.1) is 0 Å². The van der Waals surface area contributed by atoms with E-state index in [9.17, 15) is 9.59 Å². The first-order valence-corrected chi connectivity index (χ1v) is 9.64. The van der Waals surface area contributed by atoms with Crippen molar-refractivity contribution in [3.63, 3.8) is 0 Å². The van der Waals surface area contributed by atoms with Crippen molar-refractivity contribution in [2.24, 2.45) is 0 Å². The van der Waals surface area contributed by atoms with Gasteiger partial charge in [-0.25, -0.2) is 4.79 Å². The van der Waals surface area contributed by atoms with Gasteiger partial charge in [-0.1, -0.05) is 12.1 Å². The molecule has 2 aliphatic heterocycles.